The summed E-state index contributed by atoms with van der Waals surface area (Å²) in [5.41, 5.74) is 2.39. The van der Waals surface area contributed by atoms with E-state index in [0.29, 0.717) is 6.04 Å². The molecule has 0 atom stereocenters. The predicted molar refractivity (Wildman–Crippen MR) is 69.8 cm³/mol. The number of hydrogen-bond donors (Lipinski definition) is 1. The van der Waals surface area contributed by atoms with E-state index < -0.39 is 0 Å². The zero-order valence-electron chi connectivity index (χ0n) is 11.5. The third-order valence-electron chi connectivity index (χ3n) is 3.09. The molecular weight excluding hydrogens is 214 g/mol. The normalized spacial score (nSPS) is 11.7. The zero-order chi connectivity index (χ0) is 12.8. The summed E-state index contributed by atoms with van der Waals surface area (Å²) in [6.45, 7) is 8.60. The number of aromatic nitrogens is 2. The average Bonchev–Trinajstić information content (AvgIpc) is 2.65. The fraction of sp³-hybridized carbons (Fsp3) is 0.769. The van der Waals surface area contributed by atoms with Crippen LogP contribution < -0.4 is 0 Å². The Morgan fingerprint density at radius 1 is 1.47 bits per heavy atom. The van der Waals surface area contributed by atoms with Gasteiger partial charge in [-0.2, -0.15) is 5.10 Å². The number of aliphatic hydroxyl groups is 1. The number of aliphatic hydroxyl groups excluding tert-OH is 1. The SMILES string of the molecule is CCc1cc(CN(CCCO)C(C)C)n(C)n1. The van der Waals surface area contributed by atoms with E-state index in [1.54, 1.807) is 0 Å². The fourth-order valence-corrected chi connectivity index (χ4v) is 1.89. The van der Waals surface area contributed by atoms with Crippen LogP contribution in [0.15, 0.2) is 6.07 Å². The van der Waals surface area contributed by atoms with Gasteiger partial charge in [-0.1, -0.05) is 6.92 Å². The first-order valence-electron chi connectivity index (χ1n) is 6.45. The average molecular weight is 239 g/mol. The lowest BCUT2D eigenvalue weighted by Gasteiger charge is -2.26. The summed E-state index contributed by atoms with van der Waals surface area (Å²) < 4.78 is 1.97. The number of nitrogens with zero attached hydrogens (tertiary/aromatic N) is 3. The van der Waals surface area contributed by atoms with Crippen LogP contribution >= 0.6 is 0 Å². The molecule has 0 spiro atoms. The first kappa shape index (κ1) is 14.2. The molecule has 0 aliphatic carbocycles. The molecule has 0 saturated heterocycles. The molecule has 0 aliphatic heterocycles. The minimum absolute atomic E-state index is 0.259. The highest BCUT2D eigenvalue weighted by molar-refractivity contribution is 5.10. The molecule has 17 heavy (non-hydrogen) atoms. The van der Waals surface area contributed by atoms with Crippen molar-refractivity contribution in [1.29, 1.82) is 0 Å². The van der Waals surface area contributed by atoms with Gasteiger partial charge in [-0.05, 0) is 32.8 Å². The van der Waals surface area contributed by atoms with Gasteiger partial charge >= 0.3 is 0 Å². The van der Waals surface area contributed by atoms with Crippen LogP contribution in [-0.2, 0) is 20.0 Å². The first-order valence-corrected chi connectivity index (χ1v) is 6.45. The quantitative estimate of drug-likeness (QED) is 0.785. The predicted octanol–water partition coefficient (Wildman–Crippen LogP) is 1.58. The number of hydrogen-bond acceptors (Lipinski definition) is 3. The van der Waals surface area contributed by atoms with Crippen LogP contribution in [0.1, 0.15) is 38.6 Å². The van der Waals surface area contributed by atoms with Crippen LogP contribution in [0.3, 0.4) is 0 Å². The van der Waals surface area contributed by atoms with Gasteiger partial charge in [-0.25, -0.2) is 0 Å². The standard InChI is InChI=1S/C13H25N3O/c1-5-12-9-13(15(4)14-12)10-16(11(2)3)7-6-8-17/h9,11,17H,5-8,10H2,1-4H3. The van der Waals surface area contributed by atoms with Crippen molar-refractivity contribution >= 4 is 0 Å². The Balaban J connectivity index is 2.67. The van der Waals surface area contributed by atoms with Crippen molar-refractivity contribution in [3.05, 3.63) is 17.5 Å². The van der Waals surface area contributed by atoms with E-state index in [1.807, 2.05) is 11.7 Å². The topological polar surface area (TPSA) is 41.3 Å². The maximum Gasteiger partial charge on any atom is 0.0625 e. The lowest BCUT2D eigenvalue weighted by Crippen LogP contribution is -2.32. The second-order valence-corrected chi connectivity index (χ2v) is 4.75. The molecule has 0 aliphatic rings. The van der Waals surface area contributed by atoms with Crippen LogP contribution in [0.2, 0.25) is 0 Å². The second kappa shape index (κ2) is 6.77. The van der Waals surface area contributed by atoms with Crippen molar-refractivity contribution < 1.29 is 5.11 Å². The molecule has 0 amide bonds. The van der Waals surface area contributed by atoms with Crippen molar-refractivity contribution in [3.8, 4) is 0 Å². The molecule has 98 valence electrons. The van der Waals surface area contributed by atoms with Gasteiger partial charge in [0.05, 0.1) is 11.4 Å². The Morgan fingerprint density at radius 2 is 2.18 bits per heavy atom. The van der Waals surface area contributed by atoms with Crippen molar-refractivity contribution in [2.45, 2.75) is 46.2 Å². The van der Waals surface area contributed by atoms with Gasteiger partial charge in [0.25, 0.3) is 0 Å². The van der Waals surface area contributed by atoms with Gasteiger partial charge < -0.3 is 5.11 Å². The van der Waals surface area contributed by atoms with Crippen LogP contribution in [0.4, 0.5) is 0 Å². The molecule has 1 rings (SSSR count). The summed E-state index contributed by atoms with van der Waals surface area (Å²) in [6.07, 6.45) is 1.81. The van der Waals surface area contributed by atoms with E-state index in [0.717, 1.165) is 31.6 Å². The zero-order valence-corrected chi connectivity index (χ0v) is 11.5. The lowest BCUT2D eigenvalue weighted by atomic mass is 10.2. The Bertz CT molecular complexity index is 333. The maximum atomic E-state index is 8.92. The molecule has 0 bridgehead atoms. The Hall–Kier alpha value is -0.870. The summed E-state index contributed by atoms with van der Waals surface area (Å²) >= 11 is 0. The third kappa shape index (κ3) is 4.13. The fourth-order valence-electron chi connectivity index (χ4n) is 1.89. The largest absolute Gasteiger partial charge is 0.396 e. The van der Waals surface area contributed by atoms with Crippen LogP contribution in [0.25, 0.3) is 0 Å². The highest BCUT2D eigenvalue weighted by Crippen LogP contribution is 2.10. The van der Waals surface area contributed by atoms with E-state index in [-0.39, 0.29) is 6.61 Å². The van der Waals surface area contributed by atoms with Crippen molar-refractivity contribution in [2.24, 2.45) is 7.05 Å². The second-order valence-electron chi connectivity index (χ2n) is 4.75. The molecular formula is C13H25N3O. The van der Waals surface area contributed by atoms with E-state index in [2.05, 4.69) is 36.8 Å². The van der Waals surface area contributed by atoms with E-state index >= 15 is 0 Å². The summed E-state index contributed by atoms with van der Waals surface area (Å²) in [7, 11) is 2.00. The Morgan fingerprint density at radius 3 is 2.65 bits per heavy atom. The van der Waals surface area contributed by atoms with Crippen LogP contribution in [0.5, 0.6) is 0 Å². The monoisotopic (exact) mass is 239 g/mol. The Kier molecular flexibility index (Phi) is 5.65. The minimum atomic E-state index is 0.259. The summed E-state index contributed by atoms with van der Waals surface area (Å²) in [5.74, 6) is 0. The molecule has 0 radical (unpaired) electrons. The lowest BCUT2D eigenvalue weighted by molar-refractivity contribution is 0.181. The molecule has 1 N–H and O–H groups in total. The van der Waals surface area contributed by atoms with Crippen molar-refractivity contribution in [2.75, 3.05) is 13.2 Å². The van der Waals surface area contributed by atoms with Gasteiger partial charge in [0.1, 0.15) is 0 Å². The van der Waals surface area contributed by atoms with E-state index in [9.17, 15) is 0 Å². The minimum Gasteiger partial charge on any atom is -0.396 e. The molecule has 4 heteroatoms. The van der Waals surface area contributed by atoms with Crippen LogP contribution in [0, 0.1) is 0 Å². The molecule has 0 aromatic carbocycles. The molecule has 1 heterocycles. The maximum absolute atomic E-state index is 8.92. The van der Waals surface area contributed by atoms with Gasteiger partial charge in [0, 0.05) is 32.8 Å². The number of aryl methyl sites for hydroxylation is 2. The molecule has 0 fully saturated rings. The smallest absolute Gasteiger partial charge is 0.0625 e. The van der Waals surface area contributed by atoms with Gasteiger partial charge in [-0.15, -0.1) is 0 Å². The van der Waals surface area contributed by atoms with Gasteiger partial charge in [-0.3, -0.25) is 9.58 Å². The molecule has 4 nitrogen and oxygen atoms in total. The van der Waals surface area contributed by atoms with Crippen molar-refractivity contribution in [1.82, 2.24) is 14.7 Å². The highest BCUT2D eigenvalue weighted by atomic mass is 16.3. The first-order chi connectivity index (χ1) is 8.08. The van der Waals surface area contributed by atoms with Gasteiger partial charge in [0.2, 0.25) is 0 Å². The van der Waals surface area contributed by atoms with Crippen LogP contribution in [-0.4, -0.2) is 39.0 Å². The Labute approximate surface area is 104 Å². The van der Waals surface area contributed by atoms with E-state index in [1.165, 1.54) is 5.69 Å². The molecule has 1 aromatic rings. The molecule has 0 unspecified atom stereocenters. The highest BCUT2D eigenvalue weighted by Gasteiger charge is 2.12. The summed E-state index contributed by atoms with van der Waals surface area (Å²) in [4.78, 5) is 2.37. The molecule has 1 aromatic heterocycles. The summed E-state index contributed by atoms with van der Waals surface area (Å²) in [5, 5.41) is 13.4. The van der Waals surface area contributed by atoms with Gasteiger partial charge in [0.15, 0.2) is 0 Å². The summed E-state index contributed by atoms with van der Waals surface area (Å²) in [6, 6.07) is 2.66. The third-order valence-corrected chi connectivity index (χ3v) is 3.09. The molecule has 0 saturated carbocycles. The number of rotatable bonds is 7. The van der Waals surface area contributed by atoms with Crippen molar-refractivity contribution in [3.63, 3.8) is 0 Å². The van der Waals surface area contributed by atoms with E-state index in [4.69, 9.17) is 5.11 Å².